The first-order valence-electron chi connectivity index (χ1n) is 5.48. The number of amides is 1. The van der Waals surface area contributed by atoms with Gasteiger partial charge in [0, 0.05) is 5.39 Å². The average molecular weight is 338 g/mol. The number of aryl methyl sites for hydroxylation is 1. The van der Waals surface area contributed by atoms with E-state index in [9.17, 15) is 26.4 Å². The molecule has 0 bridgehead atoms. The Hall–Kier alpha value is -1.68. The predicted octanol–water partition coefficient (Wildman–Crippen LogP) is 2.31. The number of fused-ring (bicyclic) bond motifs is 1. The highest BCUT2D eigenvalue weighted by Gasteiger charge is 2.33. The third-order valence-corrected chi connectivity index (χ3v) is 4.33. The number of hydrogen-bond donors (Lipinski definition) is 1. The molecule has 21 heavy (non-hydrogen) atoms. The number of nitrogens with zero attached hydrogens (tertiary/aromatic N) is 1. The van der Waals surface area contributed by atoms with Crippen LogP contribution in [-0.2, 0) is 16.2 Å². The molecular formula is C11H9F3N2O3S2. The van der Waals surface area contributed by atoms with E-state index in [0.717, 1.165) is 12.3 Å². The summed E-state index contributed by atoms with van der Waals surface area (Å²) in [5.74, 6) is -0.883. The van der Waals surface area contributed by atoms with Gasteiger partial charge in [0.2, 0.25) is 10.0 Å². The number of rotatable bonds is 2. The third kappa shape index (κ3) is 3.32. The average Bonchev–Trinajstić information content (AvgIpc) is 2.63. The van der Waals surface area contributed by atoms with Gasteiger partial charge >= 0.3 is 6.18 Å². The summed E-state index contributed by atoms with van der Waals surface area (Å²) in [5.41, 5.74) is -0.677. The van der Waals surface area contributed by atoms with Crippen LogP contribution < -0.4 is 4.72 Å². The monoisotopic (exact) mass is 338 g/mol. The molecule has 10 heteroatoms. The van der Waals surface area contributed by atoms with Crippen molar-refractivity contribution in [2.45, 2.75) is 13.1 Å². The molecule has 0 unspecified atom stereocenters. The lowest BCUT2D eigenvalue weighted by Crippen LogP contribution is -2.29. The van der Waals surface area contributed by atoms with E-state index in [1.807, 2.05) is 0 Å². The lowest BCUT2D eigenvalue weighted by Gasteiger charge is -2.04. The van der Waals surface area contributed by atoms with Crippen molar-refractivity contribution in [3.05, 3.63) is 28.3 Å². The number of alkyl halides is 3. The highest BCUT2D eigenvalue weighted by atomic mass is 32.2. The van der Waals surface area contributed by atoms with Crippen molar-refractivity contribution in [3.8, 4) is 0 Å². The van der Waals surface area contributed by atoms with Gasteiger partial charge in [-0.25, -0.2) is 18.1 Å². The summed E-state index contributed by atoms with van der Waals surface area (Å²) in [7, 11) is -3.75. The van der Waals surface area contributed by atoms with Gasteiger partial charge in [0.25, 0.3) is 5.91 Å². The molecule has 0 aliphatic carbocycles. The van der Waals surface area contributed by atoms with E-state index >= 15 is 0 Å². The first-order chi connectivity index (χ1) is 9.49. The minimum absolute atomic E-state index is 0.0160. The summed E-state index contributed by atoms with van der Waals surface area (Å²) >= 11 is 0.715. The lowest BCUT2D eigenvalue weighted by molar-refractivity contribution is -0.140. The van der Waals surface area contributed by atoms with Crippen LogP contribution in [0.4, 0.5) is 13.2 Å². The molecule has 2 aromatic rings. The number of carbonyl (C=O) groups is 1. The van der Waals surface area contributed by atoms with Crippen molar-refractivity contribution >= 4 is 37.5 Å². The first kappa shape index (κ1) is 15.7. The Morgan fingerprint density at radius 3 is 2.48 bits per heavy atom. The molecule has 0 spiro atoms. The van der Waals surface area contributed by atoms with Gasteiger partial charge < -0.3 is 0 Å². The minimum atomic E-state index is -4.58. The van der Waals surface area contributed by atoms with Crippen LogP contribution in [0.15, 0.2) is 12.1 Å². The van der Waals surface area contributed by atoms with E-state index in [-0.39, 0.29) is 9.71 Å². The Bertz CT molecular complexity index is 825. The second-order valence-electron chi connectivity index (χ2n) is 4.31. The number of nitrogens with one attached hydrogen (secondary N) is 1. The molecule has 0 radical (unpaired) electrons. The van der Waals surface area contributed by atoms with Gasteiger partial charge in [0.15, 0.2) is 0 Å². The smallest absolute Gasteiger partial charge is 0.267 e. The molecule has 2 aromatic heterocycles. The van der Waals surface area contributed by atoms with Crippen LogP contribution in [0.1, 0.15) is 20.9 Å². The van der Waals surface area contributed by atoms with E-state index in [0.29, 0.717) is 22.3 Å². The zero-order valence-electron chi connectivity index (χ0n) is 10.8. The van der Waals surface area contributed by atoms with E-state index in [1.54, 1.807) is 4.72 Å². The molecule has 0 saturated carbocycles. The zero-order chi connectivity index (χ0) is 16.0. The van der Waals surface area contributed by atoms with Crippen LogP contribution in [0.25, 0.3) is 10.2 Å². The fourth-order valence-corrected chi connectivity index (χ4v) is 3.27. The number of pyridine rings is 1. The number of thiophene rings is 1. The van der Waals surface area contributed by atoms with Gasteiger partial charge in [0.05, 0.1) is 11.1 Å². The van der Waals surface area contributed by atoms with Crippen molar-refractivity contribution in [1.29, 1.82) is 0 Å². The standard InChI is InChI=1S/C11H9F3N2O3S2/c1-5-6-3-4-7(11(12,13)14)15-10(6)20-8(5)9(17)16-21(2,18)19/h3-4H,1-2H3,(H,16,17). The van der Waals surface area contributed by atoms with E-state index in [4.69, 9.17) is 0 Å². The van der Waals surface area contributed by atoms with Crippen molar-refractivity contribution < 1.29 is 26.4 Å². The molecule has 2 heterocycles. The lowest BCUT2D eigenvalue weighted by atomic mass is 10.2. The molecule has 0 atom stereocenters. The quantitative estimate of drug-likeness (QED) is 0.912. The van der Waals surface area contributed by atoms with Crippen LogP contribution in [0.5, 0.6) is 0 Å². The van der Waals surface area contributed by atoms with Crippen molar-refractivity contribution in [1.82, 2.24) is 9.71 Å². The normalized spacial score (nSPS) is 12.6. The van der Waals surface area contributed by atoms with Crippen molar-refractivity contribution in [2.75, 3.05) is 6.26 Å². The summed E-state index contributed by atoms with van der Waals surface area (Å²) in [6, 6.07) is 2.04. The molecule has 0 aliphatic rings. The highest BCUT2D eigenvalue weighted by molar-refractivity contribution is 7.89. The van der Waals surface area contributed by atoms with Gasteiger partial charge in [-0.2, -0.15) is 13.2 Å². The van der Waals surface area contributed by atoms with Crippen molar-refractivity contribution in [2.24, 2.45) is 0 Å². The Morgan fingerprint density at radius 1 is 1.33 bits per heavy atom. The maximum atomic E-state index is 12.6. The molecule has 114 valence electrons. The van der Waals surface area contributed by atoms with E-state index in [2.05, 4.69) is 4.98 Å². The van der Waals surface area contributed by atoms with Gasteiger partial charge in [-0.3, -0.25) is 4.79 Å². The second-order valence-corrected chi connectivity index (χ2v) is 7.05. The summed E-state index contributed by atoms with van der Waals surface area (Å²) in [6.07, 6.45) is -3.77. The molecule has 1 N–H and O–H groups in total. The van der Waals surface area contributed by atoms with Gasteiger partial charge in [-0.15, -0.1) is 11.3 Å². The molecular weight excluding hydrogens is 329 g/mol. The summed E-state index contributed by atoms with van der Waals surface area (Å²) < 4.78 is 61.6. The molecule has 0 aromatic carbocycles. The van der Waals surface area contributed by atoms with Gasteiger partial charge in [-0.1, -0.05) is 0 Å². The third-order valence-electron chi connectivity index (χ3n) is 2.58. The largest absolute Gasteiger partial charge is 0.433 e. The maximum absolute atomic E-state index is 12.6. The zero-order valence-corrected chi connectivity index (χ0v) is 12.4. The Balaban J connectivity index is 2.53. The van der Waals surface area contributed by atoms with Gasteiger partial charge in [0.1, 0.15) is 10.5 Å². The fraction of sp³-hybridized carbons (Fsp3) is 0.273. The topological polar surface area (TPSA) is 76.1 Å². The Labute approximate surface area is 121 Å². The maximum Gasteiger partial charge on any atom is 0.433 e. The fourth-order valence-electron chi connectivity index (χ4n) is 1.69. The summed E-state index contributed by atoms with van der Waals surface area (Å²) in [5, 5.41) is 0.381. The number of sulfonamides is 1. The number of hydrogen-bond acceptors (Lipinski definition) is 5. The number of carbonyl (C=O) groups excluding carboxylic acids is 1. The second kappa shape index (κ2) is 4.95. The van der Waals surface area contributed by atoms with Crippen LogP contribution in [0.3, 0.4) is 0 Å². The predicted molar refractivity (Wildman–Crippen MR) is 71.7 cm³/mol. The highest BCUT2D eigenvalue weighted by Crippen LogP contribution is 2.34. The summed E-state index contributed by atoms with van der Waals surface area (Å²) in [6.45, 7) is 1.52. The Morgan fingerprint density at radius 2 is 1.95 bits per heavy atom. The van der Waals surface area contributed by atoms with Crippen LogP contribution in [0.2, 0.25) is 0 Å². The van der Waals surface area contributed by atoms with Crippen LogP contribution in [0, 0.1) is 6.92 Å². The molecule has 1 amide bonds. The first-order valence-corrected chi connectivity index (χ1v) is 8.19. The SMILES string of the molecule is Cc1c(C(=O)NS(C)(=O)=O)sc2nc(C(F)(F)F)ccc12. The van der Waals surface area contributed by atoms with E-state index in [1.165, 1.54) is 13.0 Å². The minimum Gasteiger partial charge on any atom is -0.267 e. The van der Waals surface area contributed by atoms with Gasteiger partial charge in [-0.05, 0) is 24.6 Å². The molecule has 5 nitrogen and oxygen atoms in total. The summed E-state index contributed by atoms with van der Waals surface area (Å²) in [4.78, 5) is 15.3. The van der Waals surface area contributed by atoms with Crippen molar-refractivity contribution in [3.63, 3.8) is 0 Å². The molecule has 0 fully saturated rings. The number of aromatic nitrogens is 1. The van der Waals surface area contributed by atoms with Crippen LogP contribution in [-0.4, -0.2) is 25.6 Å². The Kier molecular flexibility index (Phi) is 3.70. The molecule has 0 aliphatic heterocycles. The van der Waals surface area contributed by atoms with E-state index < -0.39 is 27.8 Å². The molecule has 0 saturated heterocycles. The number of halogens is 3. The molecule has 2 rings (SSSR count). The van der Waals surface area contributed by atoms with Crippen LogP contribution >= 0.6 is 11.3 Å².